The molecule has 0 spiro atoms. The molecule has 0 aromatic heterocycles. The fourth-order valence-electron chi connectivity index (χ4n) is 0. The van der Waals surface area contributed by atoms with Gasteiger partial charge in [0.2, 0.25) is 0 Å². The van der Waals surface area contributed by atoms with Crippen molar-refractivity contribution in [1.82, 2.24) is 0 Å². The molecule has 0 rings (SSSR count). The van der Waals surface area contributed by atoms with E-state index in [0.29, 0.717) is 0 Å². The normalized spacial score (nSPS) is 9.15. The Balaban J connectivity index is -0.0000000267. The number of hydrogen-bond acceptors (Lipinski definition) is 8. The van der Waals surface area contributed by atoms with Gasteiger partial charge in [0.1, 0.15) is 9.05 Å². The van der Waals surface area contributed by atoms with Crippen LogP contribution in [0.4, 0.5) is 0 Å². The monoisotopic (exact) mass is 292 g/mol. The van der Waals surface area contributed by atoms with Crippen LogP contribution in [0.1, 0.15) is 0 Å². The van der Waals surface area contributed by atoms with Gasteiger partial charge in [0, 0.05) is 0 Å². The van der Waals surface area contributed by atoms with Gasteiger partial charge in [0.25, 0.3) is 0 Å². The molecule has 0 aliphatic rings. The van der Waals surface area contributed by atoms with E-state index in [-0.39, 0.29) is 112 Å². The van der Waals surface area contributed by atoms with Gasteiger partial charge in [-0.15, -0.1) is 0 Å². The summed E-state index contributed by atoms with van der Waals surface area (Å²) in [5.74, 6) is 0. The minimum absolute atomic E-state index is 0. The molecule has 0 saturated heterocycles. The van der Waals surface area contributed by atoms with Gasteiger partial charge in [0.15, 0.2) is 0 Å². The summed E-state index contributed by atoms with van der Waals surface area (Å²) in [5.41, 5.74) is 0. The quantitative estimate of drug-likeness (QED) is 0.327. The van der Waals surface area contributed by atoms with Gasteiger partial charge in [-0.1, -0.05) is 0 Å². The van der Waals surface area contributed by atoms with Crippen LogP contribution in [0.5, 0.6) is 0 Å². The van der Waals surface area contributed by atoms with Gasteiger partial charge in [-0.3, -0.25) is 0 Å². The Labute approximate surface area is 164 Å². The summed E-state index contributed by atoms with van der Waals surface area (Å²) in [7, 11) is -10.5. The summed E-state index contributed by atoms with van der Waals surface area (Å²) in [6.07, 6.45) is 0. The summed E-state index contributed by atoms with van der Waals surface area (Å²) in [6, 6.07) is 0. The summed E-state index contributed by atoms with van der Waals surface area (Å²) >= 11 is 0. The van der Waals surface area contributed by atoms with Gasteiger partial charge >= 0.3 is 112 Å². The molecule has 0 radical (unpaired) electrons. The molecule has 0 saturated carbocycles. The molecular weight excluding hydrogens is 291 g/mol. The van der Waals surface area contributed by atoms with Crippen molar-refractivity contribution in [3.63, 3.8) is 0 Å². The summed E-state index contributed by atoms with van der Waals surface area (Å²) in [6.45, 7) is 0. The topological polar surface area (TPSA) is 173 Å². The second-order valence-corrected chi connectivity index (χ2v) is 2.99. The van der Waals surface area contributed by atoms with E-state index >= 15 is 0 Å². The zero-order valence-electron chi connectivity index (χ0n) is 6.71. The standard InChI is InChI=1S/Ca.K.Mg.H3O4P.H2O4Si/c;;;2*1-5(2,3)4/h;;;(H3,1,2,3,4);1-2H/q+2;+1;+2;;-2/p-3. The van der Waals surface area contributed by atoms with Crippen LogP contribution >= 0.6 is 7.82 Å². The largest absolute Gasteiger partial charge is 2.00 e. The van der Waals surface area contributed by atoms with Crippen molar-refractivity contribution in [2.75, 3.05) is 0 Å². The average Bonchev–Trinajstić information content (AvgIpc) is 1.12. The summed E-state index contributed by atoms with van der Waals surface area (Å²) in [5, 5.41) is 0. The average molecular weight is 293 g/mol. The molecule has 0 aliphatic carbocycles. The Morgan fingerprint density at radius 1 is 1.08 bits per heavy atom. The van der Waals surface area contributed by atoms with Crippen molar-refractivity contribution in [2.24, 2.45) is 0 Å². The summed E-state index contributed by atoms with van der Waals surface area (Å²) in [4.78, 5) is 57.5. The van der Waals surface area contributed by atoms with E-state index < -0.39 is 16.9 Å². The molecule has 2 N–H and O–H groups in total. The van der Waals surface area contributed by atoms with Crippen molar-refractivity contribution in [3.05, 3.63) is 0 Å². The molecule has 0 atom stereocenters. The van der Waals surface area contributed by atoms with Crippen LogP contribution in [0.25, 0.3) is 0 Å². The molecule has 64 valence electrons. The van der Waals surface area contributed by atoms with Crippen molar-refractivity contribution in [2.45, 2.75) is 0 Å². The molecule has 8 nitrogen and oxygen atoms in total. The second kappa shape index (κ2) is 13.9. The van der Waals surface area contributed by atoms with Crippen LogP contribution in [0.2, 0.25) is 0 Å². The van der Waals surface area contributed by atoms with E-state index in [0.717, 1.165) is 0 Å². The molecule has 0 aromatic rings. The minimum atomic E-state index is -5.39. The fraction of sp³-hybridized carbons (Fsp3) is 0. The van der Waals surface area contributed by atoms with Gasteiger partial charge in [0.05, 0.1) is 0 Å². The van der Waals surface area contributed by atoms with Crippen molar-refractivity contribution >= 4 is 77.7 Å². The van der Waals surface area contributed by atoms with Crippen molar-refractivity contribution in [3.8, 4) is 0 Å². The first kappa shape index (κ1) is 30.1. The molecule has 0 heterocycles. The number of rotatable bonds is 0. The Kier molecular flexibility index (Phi) is 32.2. The summed E-state index contributed by atoms with van der Waals surface area (Å²) < 4.78 is 8.55. The van der Waals surface area contributed by atoms with Crippen LogP contribution in [0, 0.1) is 0 Å². The fourth-order valence-corrected chi connectivity index (χ4v) is 0. The van der Waals surface area contributed by atoms with Crippen LogP contribution in [-0.2, 0) is 4.57 Å². The van der Waals surface area contributed by atoms with E-state index in [1.54, 1.807) is 0 Å². The third kappa shape index (κ3) is 206. The molecule has 13 heavy (non-hydrogen) atoms. The Bertz CT molecular complexity index is 116. The van der Waals surface area contributed by atoms with E-state index in [9.17, 15) is 0 Å². The molecule has 0 aliphatic heterocycles. The van der Waals surface area contributed by atoms with Crippen molar-refractivity contribution < 1.29 is 89.8 Å². The molecule has 0 bridgehead atoms. The Hall–Kier alpha value is 3.83. The smallest absolute Gasteiger partial charge is 0.828 e. The first-order valence-electron chi connectivity index (χ1n) is 1.59. The Morgan fingerprint density at radius 3 is 1.08 bits per heavy atom. The van der Waals surface area contributed by atoms with Crippen molar-refractivity contribution in [1.29, 1.82) is 0 Å². The third-order valence-electron chi connectivity index (χ3n) is 0. The van der Waals surface area contributed by atoms with Gasteiger partial charge in [-0.05, 0) is 0 Å². The predicted octanol–water partition coefficient (Wildman–Crippen LogP) is -10.5. The molecule has 0 unspecified atom stereocenters. The number of hydrogen-bond donors (Lipinski definition) is 2. The Morgan fingerprint density at radius 2 is 1.08 bits per heavy atom. The zero-order valence-corrected chi connectivity index (χ0v) is 15.3. The molecule has 0 aromatic carbocycles. The SMILES string of the molecule is O=P([O-])([O-])[O-].[Ca+2].[K+].[Mg+2].[O-][Si]([O-])(O)O. The maximum atomic E-state index is 8.80. The van der Waals surface area contributed by atoms with Crippen LogP contribution in [-0.4, -0.2) is 79.4 Å². The zero-order chi connectivity index (χ0) is 9.00. The first-order valence-corrected chi connectivity index (χ1v) is 4.76. The van der Waals surface area contributed by atoms with E-state index in [4.69, 9.17) is 38.4 Å². The second-order valence-electron chi connectivity index (χ2n) is 0.996. The first-order chi connectivity index (χ1) is 4.00. The molecule has 13 heteroatoms. The van der Waals surface area contributed by atoms with Gasteiger partial charge in [-0.2, -0.15) is 7.82 Å². The maximum Gasteiger partial charge on any atom is 2.00 e. The minimum Gasteiger partial charge on any atom is -0.828 e. The van der Waals surface area contributed by atoms with Gasteiger partial charge < -0.3 is 38.4 Å². The van der Waals surface area contributed by atoms with Crippen LogP contribution in [0.3, 0.4) is 0 Å². The van der Waals surface area contributed by atoms with Crippen LogP contribution in [0.15, 0.2) is 0 Å². The number of phosphoric acid groups is 1. The van der Waals surface area contributed by atoms with E-state index in [2.05, 4.69) is 0 Å². The molecule has 0 amide bonds. The van der Waals surface area contributed by atoms with Crippen LogP contribution < -0.4 is 75.7 Å². The molecular formula is H2CaKMgO8PSi. The maximum absolute atomic E-state index is 8.80. The third-order valence-corrected chi connectivity index (χ3v) is 0. The predicted molar refractivity (Wildman–Crippen MR) is 29.3 cm³/mol. The van der Waals surface area contributed by atoms with E-state index in [1.807, 2.05) is 0 Å². The van der Waals surface area contributed by atoms with E-state index in [1.165, 1.54) is 0 Å². The van der Waals surface area contributed by atoms with Gasteiger partial charge in [-0.25, -0.2) is 0 Å². The molecule has 0 fully saturated rings.